The number of likely N-dealkylation sites (tertiary alicyclic amines) is 2. The van der Waals surface area contributed by atoms with Gasteiger partial charge < -0.3 is 9.80 Å². The van der Waals surface area contributed by atoms with E-state index in [0.29, 0.717) is 35.2 Å². The lowest BCUT2D eigenvalue weighted by molar-refractivity contribution is -0.138. The minimum absolute atomic E-state index is 0.0181. The molecular weight excluding hydrogens is 426 g/mol. The Morgan fingerprint density at radius 3 is 2.40 bits per heavy atom. The van der Waals surface area contributed by atoms with Gasteiger partial charge in [-0.3, -0.25) is 9.59 Å². The first kappa shape index (κ1) is 21.1. The normalized spacial score (nSPS) is 21.7. The van der Waals surface area contributed by atoms with Crippen molar-refractivity contribution in [1.29, 1.82) is 0 Å². The van der Waals surface area contributed by atoms with Crippen molar-refractivity contribution in [3.05, 3.63) is 69.5 Å². The van der Waals surface area contributed by atoms with Gasteiger partial charge in [0.25, 0.3) is 5.91 Å². The van der Waals surface area contributed by atoms with Gasteiger partial charge in [0.1, 0.15) is 5.82 Å². The van der Waals surface area contributed by atoms with E-state index >= 15 is 0 Å². The maximum atomic E-state index is 13.4. The van der Waals surface area contributed by atoms with Crippen molar-refractivity contribution < 1.29 is 14.0 Å². The molecule has 0 saturated carbocycles. The lowest BCUT2D eigenvalue weighted by atomic mass is 9.94. The summed E-state index contributed by atoms with van der Waals surface area (Å²) in [4.78, 5) is 29.8. The smallest absolute Gasteiger partial charge is 0.253 e. The number of hydrogen-bond donors (Lipinski definition) is 0. The molecule has 7 heteroatoms. The van der Waals surface area contributed by atoms with Gasteiger partial charge in [0, 0.05) is 25.2 Å². The first-order chi connectivity index (χ1) is 14.4. The molecule has 0 aliphatic carbocycles. The Bertz CT molecular complexity index is 951. The van der Waals surface area contributed by atoms with Crippen molar-refractivity contribution in [2.75, 3.05) is 19.6 Å². The topological polar surface area (TPSA) is 40.6 Å². The Labute approximate surface area is 185 Å². The second-order valence-corrected chi connectivity index (χ2v) is 8.77. The molecule has 0 bridgehead atoms. The predicted octanol–water partition coefficient (Wildman–Crippen LogP) is 5.35. The molecule has 2 unspecified atom stereocenters. The van der Waals surface area contributed by atoms with Crippen molar-refractivity contribution in [3.63, 3.8) is 0 Å². The fourth-order valence-corrected chi connectivity index (χ4v) is 4.78. The van der Waals surface area contributed by atoms with Crippen LogP contribution in [0.15, 0.2) is 42.5 Å². The summed E-state index contributed by atoms with van der Waals surface area (Å²) in [7, 11) is 0. The molecule has 2 heterocycles. The molecule has 2 atom stereocenters. The fourth-order valence-electron chi connectivity index (χ4n) is 4.47. The Morgan fingerprint density at radius 1 is 0.933 bits per heavy atom. The van der Waals surface area contributed by atoms with Crippen LogP contribution in [0, 0.1) is 11.7 Å². The van der Waals surface area contributed by atoms with Crippen LogP contribution in [0.5, 0.6) is 0 Å². The maximum Gasteiger partial charge on any atom is 0.253 e. The predicted molar refractivity (Wildman–Crippen MR) is 115 cm³/mol. The summed E-state index contributed by atoms with van der Waals surface area (Å²) >= 11 is 12.2. The number of halogens is 3. The number of nitrogens with zero attached hydrogens (tertiary/aromatic N) is 2. The average Bonchev–Trinajstić information content (AvgIpc) is 3.25. The molecule has 0 radical (unpaired) electrons. The van der Waals surface area contributed by atoms with Crippen LogP contribution < -0.4 is 0 Å². The number of piperidine rings is 1. The molecule has 2 aromatic rings. The van der Waals surface area contributed by atoms with Gasteiger partial charge in [-0.15, -0.1) is 0 Å². The molecule has 30 heavy (non-hydrogen) atoms. The number of rotatable bonds is 3. The molecule has 2 aliphatic heterocycles. The summed E-state index contributed by atoms with van der Waals surface area (Å²) in [6, 6.07) is 11.1. The highest BCUT2D eigenvalue weighted by atomic mass is 35.5. The first-order valence-electron chi connectivity index (χ1n) is 10.2. The van der Waals surface area contributed by atoms with Gasteiger partial charge in [0.05, 0.1) is 22.0 Å². The lowest BCUT2D eigenvalue weighted by Gasteiger charge is -2.36. The number of amides is 2. The third-order valence-corrected chi connectivity index (χ3v) is 6.75. The second-order valence-electron chi connectivity index (χ2n) is 7.96. The minimum atomic E-state index is -0.374. The van der Waals surface area contributed by atoms with Crippen LogP contribution in [0.1, 0.15) is 47.6 Å². The molecule has 0 spiro atoms. The molecule has 2 aromatic carbocycles. The quantitative estimate of drug-likeness (QED) is 0.634. The van der Waals surface area contributed by atoms with Gasteiger partial charge in [-0.2, -0.15) is 0 Å². The summed E-state index contributed by atoms with van der Waals surface area (Å²) in [6.07, 6.45) is 3.35. The lowest BCUT2D eigenvalue weighted by Crippen LogP contribution is -2.46. The molecule has 2 fully saturated rings. The zero-order chi connectivity index (χ0) is 21.3. The molecule has 2 amide bonds. The average molecular weight is 449 g/mol. The highest BCUT2D eigenvalue weighted by Crippen LogP contribution is 2.36. The van der Waals surface area contributed by atoms with Gasteiger partial charge >= 0.3 is 0 Å². The first-order valence-corrected chi connectivity index (χ1v) is 11.0. The van der Waals surface area contributed by atoms with Crippen LogP contribution in [0.3, 0.4) is 0 Å². The van der Waals surface area contributed by atoms with E-state index in [-0.39, 0.29) is 29.6 Å². The van der Waals surface area contributed by atoms with Gasteiger partial charge in [-0.25, -0.2) is 4.39 Å². The highest BCUT2D eigenvalue weighted by molar-refractivity contribution is 6.42. The van der Waals surface area contributed by atoms with E-state index < -0.39 is 0 Å². The molecule has 0 aromatic heterocycles. The van der Waals surface area contributed by atoms with Gasteiger partial charge in [0.15, 0.2) is 0 Å². The van der Waals surface area contributed by atoms with Gasteiger partial charge in [-0.1, -0.05) is 29.3 Å². The molecule has 0 N–H and O–H groups in total. The van der Waals surface area contributed by atoms with Crippen molar-refractivity contribution >= 4 is 35.0 Å². The molecule has 4 nitrogen and oxygen atoms in total. The van der Waals surface area contributed by atoms with Gasteiger partial charge in [-0.05, 0) is 67.6 Å². The zero-order valence-corrected chi connectivity index (χ0v) is 18.0. The van der Waals surface area contributed by atoms with Crippen molar-refractivity contribution in [1.82, 2.24) is 9.80 Å². The Balaban J connectivity index is 1.47. The summed E-state index contributed by atoms with van der Waals surface area (Å²) in [6.45, 7) is 1.70. The van der Waals surface area contributed by atoms with Crippen LogP contribution in [0.2, 0.25) is 10.0 Å². The van der Waals surface area contributed by atoms with E-state index in [1.807, 2.05) is 17.0 Å². The SMILES string of the molecule is O=C(c1ccc(F)cc1)N1CCCC(C(=O)N2CCCC2c2ccc(Cl)c(Cl)c2)C1. The maximum absolute atomic E-state index is 13.4. The molecule has 2 aliphatic rings. The van der Waals surface area contributed by atoms with Crippen LogP contribution in [-0.4, -0.2) is 41.2 Å². The molecular formula is C23H23Cl2FN2O2. The highest BCUT2D eigenvalue weighted by Gasteiger charge is 2.37. The molecule has 2 saturated heterocycles. The largest absolute Gasteiger partial charge is 0.338 e. The van der Waals surface area contributed by atoms with Crippen LogP contribution in [0.25, 0.3) is 0 Å². The summed E-state index contributed by atoms with van der Waals surface area (Å²) in [5, 5.41) is 0.987. The minimum Gasteiger partial charge on any atom is -0.338 e. The standard InChI is InChI=1S/C23H23Cl2FN2O2/c24-19-10-7-16(13-20(19)25)21-4-2-12-28(21)23(30)17-3-1-11-27(14-17)22(29)15-5-8-18(26)9-6-15/h5-10,13,17,21H,1-4,11-12,14H2. The van der Waals surface area contributed by atoms with E-state index in [1.165, 1.54) is 24.3 Å². The van der Waals surface area contributed by atoms with E-state index in [2.05, 4.69) is 0 Å². The fraction of sp³-hybridized carbons (Fsp3) is 0.391. The summed E-state index contributed by atoms with van der Waals surface area (Å²) in [5.74, 6) is -0.678. The molecule has 158 valence electrons. The van der Waals surface area contributed by atoms with E-state index in [4.69, 9.17) is 23.2 Å². The third-order valence-electron chi connectivity index (χ3n) is 6.01. The van der Waals surface area contributed by atoms with Crippen molar-refractivity contribution in [2.45, 2.75) is 31.7 Å². The second kappa shape index (κ2) is 8.94. The van der Waals surface area contributed by atoms with Crippen molar-refractivity contribution in [2.24, 2.45) is 5.92 Å². The van der Waals surface area contributed by atoms with E-state index in [1.54, 1.807) is 11.0 Å². The van der Waals surface area contributed by atoms with E-state index in [9.17, 15) is 14.0 Å². The van der Waals surface area contributed by atoms with Crippen LogP contribution in [0.4, 0.5) is 4.39 Å². The van der Waals surface area contributed by atoms with Gasteiger partial charge in [0.2, 0.25) is 5.91 Å². The zero-order valence-electron chi connectivity index (χ0n) is 16.5. The summed E-state index contributed by atoms with van der Waals surface area (Å²) < 4.78 is 13.2. The number of benzene rings is 2. The number of hydrogen-bond acceptors (Lipinski definition) is 2. The number of carbonyl (C=O) groups is 2. The Kier molecular flexibility index (Phi) is 6.30. The van der Waals surface area contributed by atoms with Crippen LogP contribution >= 0.6 is 23.2 Å². The van der Waals surface area contributed by atoms with E-state index in [0.717, 1.165) is 31.2 Å². The van der Waals surface area contributed by atoms with Crippen LogP contribution in [-0.2, 0) is 4.79 Å². The third kappa shape index (κ3) is 4.33. The Hall–Kier alpha value is -2.11. The number of carbonyl (C=O) groups excluding carboxylic acids is 2. The van der Waals surface area contributed by atoms with Crippen molar-refractivity contribution in [3.8, 4) is 0 Å². The molecule has 4 rings (SSSR count). The monoisotopic (exact) mass is 448 g/mol. The summed E-state index contributed by atoms with van der Waals surface area (Å²) in [5.41, 5.74) is 1.43. The Morgan fingerprint density at radius 2 is 1.67 bits per heavy atom.